The molecule has 0 saturated heterocycles. The van der Waals surface area contributed by atoms with Gasteiger partial charge >= 0.3 is 0 Å². The Labute approximate surface area is 243 Å². The fraction of sp³-hybridized carbons (Fsp3) is 0.194. The lowest BCUT2D eigenvalue weighted by molar-refractivity contribution is 0.0955. The van der Waals surface area contributed by atoms with Crippen LogP contribution in [0.4, 0.5) is 11.4 Å². The lowest BCUT2D eigenvalue weighted by Gasteiger charge is -2.17. The minimum Gasteiger partial charge on any atom is -0.496 e. The predicted octanol–water partition coefficient (Wildman–Crippen LogP) is 7.98. The summed E-state index contributed by atoms with van der Waals surface area (Å²) >= 11 is 7.55. The summed E-state index contributed by atoms with van der Waals surface area (Å²) in [6.07, 6.45) is 0. The van der Waals surface area contributed by atoms with Crippen molar-refractivity contribution in [2.45, 2.75) is 24.3 Å². The van der Waals surface area contributed by atoms with E-state index in [4.69, 9.17) is 16.3 Å². The van der Waals surface area contributed by atoms with Crippen molar-refractivity contribution in [2.24, 2.45) is 5.18 Å². The second-order valence-corrected chi connectivity index (χ2v) is 10.8. The van der Waals surface area contributed by atoms with E-state index < -0.39 is 5.54 Å². The number of carbonyl (C=O) groups excluding carboxylic acids is 1. The Hall–Kier alpha value is -4.01. The van der Waals surface area contributed by atoms with E-state index in [-0.39, 0.29) is 5.91 Å². The Balaban J connectivity index is 1.38. The topological polar surface area (TPSA) is 91.8 Å². The highest BCUT2D eigenvalue weighted by Crippen LogP contribution is 2.36. The summed E-state index contributed by atoms with van der Waals surface area (Å²) in [7, 11) is 1.65. The predicted molar refractivity (Wildman–Crippen MR) is 165 cm³/mol. The number of halogens is 1. The highest BCUT2D eigenvalue weighted by atomic mass is 35.5. The van der Waals surface area contributed by atoms with Gasteiger partial charge < -0.3 is 20.1 Å². The fourth-order valence-electron chi connectivity index (χ4n) is 4.00. The van der Waals surface area contributed by atoms with Gasteiger partial charge in [0.1, 0.15) is 11.3 Å². The van der Waals surface area contributed by atoms with Crippen LogP contribution in [0.5, 0.6) is 5.75 Å². The number of hydrogen-bond acceptors (Lipinski definition) is 7. The zero-order valence-electron chi connectivity index (χ0n) is 22.5. The van der Waals surface area contributed by atoms with Crippen molar-refractivity contribution in [1.29, 1.82) is 0 Å². The minimum atomic E-state index is -0.804. The van der Waals surface area contributed by atoms with Crippen LogP contribution in [0.15, 0.2) is 101 Å². The molecule has 4 aromatic carbocycles. The molecule has 0 fully saturated rings. The number of carbonyl (C=O) groups is 1. The number of methoxy groups -OCH3 is 1. The fourth-order valence-corrected chi connectivity index (χ4v) is 5.01. The van der Waals surface area contributed by atoms with Gasteiger partial charge in [-0.05, 0) is 91.0 Å². The summed E-state index contributed by atoms with van der Waals surface area (Å²) in [6.45, 7) is 4.61. The average molecular weight is 575 g/mol. The number of nitrogens with zero attached hydrogens (tertiary/aromatic N) is 1. The van der Waals surface area contributed by atoms with E-state index in [1.54, 1.807) is 45.2 Å². The standard InChI is InChI=1S/C31H31ClN4O3S/c1-31(2,36-38)23-9-6-8-21(18-23)22-14-15-28(39-3)29(19-22)40-35-25-11-7-10-24(20-25)33-16-17-34-30(37)26-12-4-5-13-27(26)32/h4-15,18-20,33,35H,16-17H2,1-3H3,(H,34,37). The molecule has 0 radical (unpaired) electrons. The molecule has 0 aromatic heterocycles. The average Bonchev–Trinajstić information content (AvgIpc) is 2.98. The summed E-state index contributed by atoms with van der Waals surface area (Å²) in [5.41, 5.74) is 4.33. The Kier molecular flexibility index (Phi) is 9.69. The third-order valence-corrected chi connectivity index (χ3v) is 7.50. The SMILES string of the molecule is COc1ccc(-c2cccc(C(C)(C)N=O)c2)cc1SNc1cccc(NCCNC(=O)c2ccccc2Cl)c1. The van der Waals surface area contributed by atoms with Gasteiger partial charge in [-0.15, -0.1) is 4.91 Å². The van der Waals surface area contributed by atoms with Crippen LogP contribution in [0, 0.1) is 4.91 Å². The van der Waals surface area contributed by atoms with Gasteiger partial charge in [-0.25, -0.2) is 0 Å². The highest BCUT2D eigenvalue weighted by molar-refractivity contribution is 8.00. The number of benzene rings is 4. The van der Waals surface area contributed by atoms with Crippen LogP contribution in [-0.2, 0) is 5.54 Å². The molecule has 0 aliphatic rings. The van der Waals surface area contributed by atoms with E-state index in [0.29, 0.717) is 23.7 Å². The van der Waals surface area contributed by atoms with Gasteiger partial charge in [0.2, 0.25) is 0 Å². The van der Waals surface area contributed by atoms with Crippen LogP contribution in [0.2, 0.25) is 5.02 Å². The van der Waals surface area contributed by atoms with Crippen molar-refractivity contribution in [2.75, 3.05) is 30.2 Å². The van der Waals surface area contributed by atoms with Gasteiger partial charge in [-0.3, -0.25) is 4.79 Å². The van der Waals surface area contributed by atoms with Crippen LogP contribution in [0.25, 0.3) is 11.1 Å². The second kappa shape index (κ2) is 13.4. The van der Waals surface area contributed by atoms with E-state index in [2.05, 4.69) is 26.6 Å². The van der Waals surface area contributed by atoms with Crippen LogP contribution in [-0.4, -0.2) is 26.1 Å². The molecule has 40 heavy (non-hydrogen) atoms. The van der Waals surface area contributed by atoms with Crippen LogP contribution < -0.4 is 20.1 Å². The van der Waals surface area contributed by atoms with Gasteiger partial charge in [-0.1, -0.05) is 59.2 Å². The van der Waals surface area contributed by atoms with Crippen molar-refractivity contribution in [1.82, 2.24) is 5.32 Å². The molecular formula is C31H31ClN4O3S. The molecule has 7 nitrogen and oxygen atoms in total. The third-order valence-electron chi connectivity index (χ3n) is 6.29. The Morgan fingerprint density at radius 1 is 0.900 bits per heavy atom. The third kappa shape index (κ3) is 7.34. The van der Waals surface area contributed by atoms with Crippen molar-refractivity contribution in [3.05, 3.63) is 112 Å². The van der Waals surface area contributed by atoms with Crippen molar-refractivity contribution in [3.8, 4) is 16.9 Å². The molecule has 206 valence electrons. The first kappa shape index (κ1) is 29.0. The van der Waals surface area contributed by atoms with Gasteiger partial charge in [0, 0.05) is 24.5 Å². The van der Waals surface area contributed by atoms with Gasteiger partial charge in [0.15, 0.2) is 0 Å². The van der Waals surface area contributed by atoms with Crippen LogP contribution in [0.1, 0.15) is 29.8 Å². The Morgan fingerprint density at radius 3 is 2.42 bits per heavy atom. The zero-order valence-corrected chi connectivity index (χ0v) is 24.1. The first-order chi connectivity index (χ1) is 19.3. The molecule has 1 amide bonds. The molecule has 0 saturated carbocycles. The smallest absolute Gasteiger partial charge is 0.252 e. The van der Waals surface area contributed by atoms with Crippen molar-refractivity contribution < 1.29 is 9.53 Å². The monoisotopic (exact) mass is 574 g/mol. The molecule has 0 atom stereocenters. The van der Waals surface area contributed by atoms with E-state index in [0.717, 1.165) is 38.7 Å². The molecule has 0 unspecified atom stereocenters. The first-order valence-electron chi connectivity index (χ1n) is 12.7. The Morgan fingerprint density at radius 2 is 1.65 bits per heavy atom. The largest absolute Gasteiger partial charge is 0.496 e. The molecule has 4 aromatic rings. The molecule has 0 aliphatic heterocycles. The molecule has 0 spiro atoms. The highest BCUT2D eigenvalue weighted by Gasteiger charge is 2.21. The lowest BCUT2D eigenvalue weighted by atomic mass is 9.92. The number of rotatable bonds is 12. The molecule has 0 aliphatic carbocycles. The minimum absolute atomic E-state index is 0.203. The van der Waals surface area contributed by atoms with Gasteiger partial charge in [-0.2, -0.15) is 0 Å². The number of ether oxygens (including phenoxy) is 1. The Bertz CT molecular complexity index is 1500. The van der Waals surface area contributed by atoms with Gasteiger partial charge in [0.25, 0.3) is 5.91 Å². The number of hydrogen-bond donors (Lipinski definition) is 3. The zero-order chi connectivity index (χ0) is 28.5. The summed E-state index contributed by atoms with van der Waals surface area (Å²) in [5, 5.41) is 9.91. The van der Waals surface area contributed by atoms with Crippen LogP contribution >= 0.6 is 23.5 Å². The second-order valence-electron chi connectivity index (χ2n) is 9.54. The van der Waals surface area contributed by atoms with E-state index in [9.17, 15) is 9.70 Å². The summed E-state index contributed by atoms with van der Waals surface area (Å²) in [5.74, 6) is 0.544. The lowest BCUT2D eigenvalue weighted by Crippen LogP contribution is -2.28. The molecule has 0 bridgehead atoms. The normalized spacial score (nSPS) is 11.0. The quantitative estimate of drug-likeness (QED) is 0.0902. The summed E-state index contributed by atoms with van der Waals surface area (Å²) in [4.78, 5) is 24.6. The number of nitroso groups, excluding NO2 is 1. The van der Waals surface area contributed by atoms with Crippen molar-refractivity contribution >= 4 is 40.8 Å². The number of nitrogens with one attached hydrogen (secondary N) is 3. The molecule has 3 N–H and O–H groups in total. The maximum Gasteiger partial charge on any atom is 0.252 e. The molecule has 9 heteroatoms. The maximum atomic E-state index is 12.3. The number of amides is 1. The molecule has 0 heterocycles. The number of anilines is 2. The maximum absolute atomic E-state index is 12.3. The van der Waals surface area contributed by atoms with Crippen molar-refractivity contribution in [3.63, 3.8) is 0 Å². The first-order valence-corrected chi connectivity index (χ1v) is 13.9. The van der Waals surface area contributed by atoms with E-state index in [1.807, 2.05) is 60.7 Å². The van der Waals surface area contributed by atoms with E-state index >= 15 is 0 Å². The molecule has 4 rings (SSSR count). The molecular weight excluding hydrogens is 544 g/mol. The van der Waals surface area contributed by atoms with E-state index in [1.165, 1.54) is 11.9 Å². The van der Waals surface area contributed by atoms with Crippen LogP contribution in [0.3, 0.4) is 0 Å². The van der Waals surface area contributed by atoms with Gasteiger partial charge in [0.05, 0.1) is 22.6 Å². The summed E-state index contributed by atoms with van der Waals surface area (Å²) in [6, 6.07) is 28.7. The summed E-state index contributed by atoms with van der Waals surface area (Å²) < 4.78 is 8.99.